The first-order valence-corrected chi connectivity index (χ1v) is 13.1. The molecule has 0 aliphatic carbocycles. The zero-order valence-corrected chi connectivity index (χ0v) is 24.0. The first-order chi connectivity index (χ1) is 19.9. The third-order valence-electron chi connectivity index (χ3n) is 6.10. The summed E-state index contributed by atoms with van der Waals surface area (Å²) in [5.41, 5.74) is 0.318. The predicted octanol–water partition coefficient (Wildman–Crippen LogP) is 3.34. The van der Waals surface area contributed by atoms with Gasteiger partial charge in [-0.25, -0.2) is 9.59 Å². The van der Waals surface area contributed by atoms with Gasteiger partial charge >= 0.3 is 11.9 Å². The number of ether oxygens (including phenoxy) is 4. The van der Waals surface area contributed by atoms with E-state index in [1.165, 1.54) is 48.2 Å². The molecule has 2 aliphatic rings. The number of nitro benzene ring substituents is 2. The third-order valence-corrected chi connectivity index (χ3v) is 6.41. The van der Waals surface area contributed by atoms with Crippen LogP contribution in [0.5, 0.6) is 11.5 Å². The normalized spacial score (nSPS) is 15.0. The maximum atomic E-state index is 12.0. The van der Waals surface area contributed by atoms with Gasteiger partial charge in [-0.05, 0) is 39.8 Å². The maximum Gasteiger partial charge on any atom is 0.328 e. The zero-order valence-electron chi connectivity index (χ0n) is 23.1. The molecule has 224 valence electrons. The molecule has 15 nitrogen and oxygen atoms in total. The van der Waals surface area contributed by atoms with Gasteiger partial charge < -0.3 is 23.8 Å². The lowest BCUT2D eigenvalue weighted by atomic mass is 10.1. The third kappa shape index (κ3) is 6.88. The van der Waals surface area contributed by atoms with Crippen molar-refractivity contribution in [3.05, 3.63) is 56.6 Å². The van der Waals surface area contributed by atoms with Crippen LogP contribution in [0, 0.1) is 20.2 Å². The van der Waals surface area contributed by atoms with Crippen molar-refractivity contribution in [2.24, 2.45) is 0 Å². The van der Waals surface area contributed by atoms with E-state index in [0.717, 1.165) is 0 Å². The second-order valence-electron chi connectivity index (χ2n) is 8.78. The number of rotatable bonds is 8. The molecule has 2 atom stereocenters. The molecular formula is C26H28N4O11S. The fourth-order valence-corrected chi connectivity index (χ4v) is 4.45. The molecule has 16 heteroatoms. The Morgan fingerprint density at radius 3 is 1.74 bits per heavy atom. The SMILES string of the molecule is CCOC(=O)[C@@H](C)N1C(=O)COc2ccc([N+](=O)[O-])cc21.CCOC(=O)[C@@H](C)N1C(=S)COc2ccc([N+](=O)[O-])cc21. The van der Waals surface area contributed by atoms with Gasteiger partial charge in [0.2, 0.25) is 0 Å². The van der Waals surface area contributed by atoms with Crippen molar-refractivity contribution in [2.75, 3.05) is 36.2 Å². The molecule has 0 saturated carbocycles. The number of anilines is 2. The highest BCUT2D eigenvalue weighted by molar-refractivity contribution is 7.80. The summed E-state index contributed by atoms with van der Waals surface area (Å²) in [6, 6.07) is 6.52. The number of esters is 2. The van der Waals surface area contributed by atoms with Crippen LogP contribution in [0.4, 0.5) is 22.7 Å². The molecule has 1 amide bonds. The lowest BCUT2D eigenvalue weighted by molar-refractivity contribution is -0.385. The first-order valence-electron chi connectivity index (χ1n) is 12.7. The molecule has 0 spiro atoms. The van der Waals surface area contributed by atoms with Crippen molar-refractivity contribution < 1.29 is 43.2 Å². The van der Waals surface area contributed by atoms with Crippen molar-refractivity contribution in [3.8, 4) is 11.5 Å². The highest BCUT2D eigenvalue weighted by Gasteiger charge is 2.35. The summed E-state index contributed by atoms with van der Waals surface area (Å²) < 4.78 is 20.5. The molecule has 0 N–H and O–H groups in total. The van der Waals surface area contributed by atoms with Crippen molar-refractivity contribution >= 4 is 57.8 Å². The van der Waals surface area contributed by atoms with E-state index in [0.29, 0.717) is 22.2 Å². The molecule has 42 heavy (non-hydrogen) atoms. The number of nitrogens with zero attached hydrogens (tertiary/aromatic N) is 4. The van der Waals surface area contributed by atoms with Crippen LogP contribution < -0.4 is 19.3 Å². The largest absolute Gasteiger partial charge is 0.484 e. The number of hydrogen-bond donors (Lipinski definition) is 0. The van der Waals surface area contributed by atoms with E-state index in [9.17, 15) is 34.6 Å². The van der Waals surface area contributed by atoms with E-state index in [1.807, 2.05) is 0 Å². The Bertz CT molecular complexity index is 1310. The van der Waals surface area contributed by atoms with Crippen LogP contribution in [-0.4, -0.2) is 71.2 Å². The predicted molar refractivity (Wildman–Crippen MR) is 152 cm³/mol. The Morgan fingerprint density at radius 1 is 0.857 bits per heavy atom. The number of fused-ring (bicyclic) bond motifs is 2. The smallest absolute Gasteiger partial charge is 0.328 e. The molecule has 0 unspecified atom stereocenters. The van der Waals surface area contributed by atoms with Crippen LogP contribution in [0.25, 0.3) is 0 Å². The molecule has 2 heterocycles. The van der Waals surface area contributed by atoms with E-state index in [1.54, 1.807) is 25.7 Å². The standard InChI is InChI=1S/C13H14N2O6.C13H14N2O5S/c1-3-20-13(17)8(2)14-10-6-9(15(18)19)4-5-11(10)21-7-12(14)16;1-3-19-13(16)8(2)14-10-6-9(15(17)18)4-5-11(10)20-7-12(14)21/h2*4-6,8H,3,7H2,1-2H3/t2*8-/m11/s1. The van der Waals surface area contributed by atoms with Gasteiger partial charge in [-0.3, -0.25) is 29.9 Å². The fraction of sp³-hybridized carbons (Fsp3) is 0.385. The number of carbonyl (C=O) groups excluding carboxylic acids is 3. The van der Waals surface area contributed by atoms with Crippen LogP contribution in [0.2, 0.25) is 0 Å². The number of hydrogen-bond acceptors (Lipinski definition) is 12. The fourth-order valence-electron chi connectivity index (χ4n) is 4.13. The van der Waals surface area contributed by atoms with Gasteiger partial charge in [0.15, 0.2) is 6.61 Å². The Labute approximate surface area is 245 Å². The number of carbonyl (C=O) groups is 3. The molecule has 2 aromatic carbocycles. The van der Waals surface area contributed by atoms with Crippen LogP contribution in [0.3, 0.4) is 0 Å². The molecule has 4 rings (SSSR count). The number of benzene rings is 2. The highest BCUT2D eigenvalue weighted by atomic mass is 32.1. The van der Waals surface area contributed by atoms with Gasteiger partial charge in [0, 0.05) is 24.3 Å². The van der Waals surface area contributed by atoms with Gasteiger partial charge in [-0.2, -0.15) is 0 Å². The highest BCUT2D eigenvalue weighted by Crippen LogP contribution is 2.38. The van der Waals surface area contributed by atoms with Crippen LogP contribution in [-0.2, 0) is 23.9 Å². The molecule has 0 bridgehead atoms. The average molecular weight is 605 g/mol. The first kappa shape index (κ1) is 31.7. The maximum absolute atomic E-state index is 12.0. The number of nitro groups is 2. The van der Waals surface area contributed by atoms with Gasteiger partial charge in [0.25, 0.3) is 17.3 Å². The van der Waals surface area contributed by atoms with Gasteiger partial charge in [-0.15, -0.1) is 0 Å². The molecular weight excluding hydrogens is 576 g/mol. The van der Waals surface area contributed by atoms with E-state index < -0.39 is 39.8 Å². The average Bonchev–Trinajstić information content (AvgIpc) is 2.96. The monoisotopic (exact) mass is 604 g/mol. The Kier molecular flexibility index (Phi) is 10.3. The molecule has 2 aromatic rings. The Hall–Kier alpha value is -4.86. The minimum atomic E-state index is -0.887. The Morgan fingerprint density at radius 2 is 1.29 bits per heavy atom. The number of non-ortho nitro benzene ring substituents is 2. The van der Waals surface area contributed by atoms with Crippen LogP contribution in [0.1, 0.15) is 27.7 Å². The lowest BCUT2D eigenvalue weighted by Gasteiger charge is -2.34. The number of thiocarbonyl (C=S) groups is 1. The second kappa shape index (κ2) is 13.7. The molecule has 0 aromatic heterocycles. The summed E-state index contributed by atoms with van der Waals surface area (Å²) in [6.45, 7) is 6.86. The van der Waals surface area contributed by atoms with E-state index in [4.69, 9.17) is 31.2 Å². The van der Waals surface area contributed by atoms with Crippen molar-refractivity contribution in [1.29, 1.82) is 0 Å². The van der Waals surface area contributed by atoms with Gasteiger partial charge in [0.05, 0.1) is 34.4 Å². The van der Waals surface area contributed by atoms with Gasteiger partial charge in [-0.1, -0.05) is 12.2 Å². The van der Waals surface area contributed by atoms with Crippen molar-refractivity contribution in [1.82, 2.24) is 0 Å². The molecule has 0 fully saturated rings. The molecule has 0 saturated heterocycles. The zero-order chi connectivity index (χ0) is 31.1. The molecule has 2 aliphatic heterocycles. The summed E-state index contributed by atoms with van der Waals surface area (Å²) in [6.07, 6.45) is 0. The number of amides is 1. The summed E-state index contributed by atoms with van der Waals surface area (Å²) >= 11 is 5.22. The lowest BCUT2D eigenvalue weighted by Crippen LogP contribution is -2.48. The summed E-state index contributed by atoms with van der Waals surface area (Å²) in [7, 11) is 0. The summed E-state index contributed by atoms with van der Waals surface area (Å²) in [4.78, 5) is 59.5. The minimum Gasteiger partial charge on any atom is -0.484 e. The van der Waals surface area contributed by atoms with E-state index in [-0.39, 0.29) is 43.5 Å². The molecule has 0 radical (unpaired) electrons. The quantitative estimate of drug-likeness (QED) is 0.185. The Balaban J connectivity index is 0.000000230. The van der Waals surface area contributed by atoms with Crippen LogP contribution >= 0.6 is 12.2 Å². The summed E-state index contributed by atoms with van der Waals surface area (Å²) in [5, 5.41) is 21.8. The van der Waals surface area contributed by atoms with Crippen LogP contribution in [0.15, 0.2) is 36.4 Å². The van der Waals surface area contributed by atoms with E-state index in [2.05, 4.69) is 0 Å². The van der Waals surface area contributed by atoms with Gasteiger partial charge in [0.1, 0.15) is 35.2 Å². The van der Waals surface area contributed by atoms with Crippen molar-refractivity contribution in [2.45, 2.75) is 39.8 Å². The topological polar surface area (TPSA) is 181 Å². The van der Waals surface area contributed by atoms with Crippen molar-refractivity contribution in [3.63, 3.8) is 0 Å². The minimum absolute atomic E-state index is 0.0943. The summed E-state index contributed by atoms with van der Waals surface area (Å²) in [5.74, 6) is -0.713. The van der Waals surface area contributed by atoms with E-state index >= 15 is 0 Å². The second-order valence-corrected chi connectivity index (χ2v) is 9.25.